The molecule has 6 rings (SSSR count). The lowest BCUT2D eigenvalue weighted by molar-refractivity contribution is 0.210. The molecule has 1 spiro atoms. The van der Waals surface area contributed by atoms with Gasteiger partial charge < -0.3 is 19.5 Å². The number of sulfonamides is 1. The van der Waals surface area contributed by atoms with Crippen LogP contribution < -0.4 is 19.5 Å². The second-order valence-corrected chi connectivity index (χ2v) is 13.6. The Hall–Kier alpha value is -3.72. The van der Waals surface area contributed by atoms with Crippen molar-refractivity contribution >= 4 is 27.3 Å². The number of nitrogens with zero attached hydrogens (tertiary/aromatic N) is 1. The number of anilines is 1. The first kappa shape index (κ1) is 29.4. The van der Waals surface area contributed by atoms with Crippen LogP contribution in [-0.4, -0.2) is 40.1 Å². The highest BCUT2D eigenvalue weighted by Crippen LogP contribution is 2.43. The predicted molar refractivity (Wildman–Crippen MR) is 169 cm³/mol. The number of aryl methyl sites for hydroxylation is 1. The molecule has 0 amide bonds. The molecule has 224 valence electrons. The fraction of sp³-hybridized carbons (Fsp3) is 0.294. The van der Waals surface area contributed by atoms with E-state index in [1.54, 1.807) is 32.4 Å². The van der Waals surface area contributed by atoms with Crippen LogP contribution in [-0.2, 0) is 34.9 Å². The Balaban J connectivity index is 1.30. The van der Waals surface area contributed by atoms with Gasteiger partial charge in [-0.2, -0.15) is 4.31 Å². The topological polar surface area (TPSA) is 77.1 Å². The van der Waals surface area contributed by atoms with Gasteiger partial charge in [0.1, 0.15) is 17.2 Å². The van der Waals surface area contributed by atoms with Gasteiger partial charge in [-0.1, -0.05) is 41.9 Å². The van der Waals surface area contributed by atoms with Gasteiger partial charge in [-0.15, -0.1) is 0 Å². The number of hydrogen-bond donors (Lipinski definition) is 1. The van der Waals surface area contributed by atoms with E-state index in [4.69, 9.17) is 25.8 Å². The molecule has 1 atom stereocenters. The maximum Gasteiger partial charge on any atom is 0.243 e. The molecule has 1 aliphatic heterocycles. The summed E-state index contributed by atoms with van der Waals surface area (Å²) < 4.78 is 46.9. The van der Waals surface area contributed by atoms with Crippen molar-refractivity contribution in [2.24, 2.45) is 0 Å². The summed E-state index contributed by atoms with van der Waals surface area (Å²) in [5.74, 6) is 2.08. The summed E-state index contributed by atoms with van der Waals surface area (Å²) >= 11 is 6.31. The molecule has 7 nitrogen and oxygen atoms in total. The molecule has 0 bridgehead atoms. The molecule has 1 heterocycles. The Morgan fingerprint density at radius 2 is 1.53 bits per heavy atom. The Labute approximate surface area is 258 Å². The number of fused-ring (bicyclic) bond motifs is 3. The Kier molecular flexibility index (Phi) is 8.27. The molecule has 1 aliphatic carbocycles. The SMILES string of the molecule is COc1ccc(CN(Cc2ccc(OC)cc2)S(=O)(=O)c2ccc3c(c2)NCC2(CCCc4cc(Cl)ccc42)CO3)cc1. The summed E-state index contributed by atoms with van der Waals surface area (Å²) in [6.45, 7) is 1.54. The van der Waals surface area contributed by atoms with Crippen molar-refractivity contribution in [2.75, 3.05) is 32.7 Å². The molecule has 0 fully saturated rings. The van der Waals surface area contributed by atoms with E-state index in [0.717, 1.165) is 35.4 Å². The average molecular weight is 619 g/mol. The Morgan fingerprint density at radius 3 is 2.16 bits per heavy atom. The number of hydrogen-bond acceptors (Lipinski definition) is 6. The van der Waals surface area contributed by atoms with Crippen LogP contribution in [0.5, 0.6) is 17.2 Å². The zero-order valence-electron chi connectivity index (χ0n) is 24.3. The van der Waals surface area contributed by atoms with Crippen LogP contribution in [0.1, 0.15) is 35.1 Å². The minimum atomic E-state index is -3.90. The highest BCUT2D eigenvalue weighted by Gasteiger charge is 2.39. The van der Waals surface area contributed by atoms with Gasteiger partial charge in [-0.05, 0) is 96.1 Å². The molecule has 0 saturated carbocycles. The molecule has 1 unspecified atom stereocenters. The minimum Gasteiger partial charge on any atom is -0.497 e. The van der Waals surface area contributed by atoms with Crippen LogP contribution >= 0.6 is 11.6 Å². The van der Waals surface area contributed by atoms with E-state index in [9.17, 15) is 8.42 Å². The van der Waals surface area contributed by atoms with Gasteiger partial charge in [0.15, 0.2) is 0 Å². The van der Waals surface area contributed by atoms with E-state index >= 15 is 0 Å². The zero-order valence-corrected chi connectivity index (χ0v) is 25.9. The highest BCUT2D eigenvalue weighted by atomic mass is 35.5. The van der Waals surface area contributed by atoms with Gasteiger partial charge >= 0.3 is 0 Å². The lowest BCUT2D eigenvalue weighted by atomic mass is 9.70. The van der Waals surface area contributed by atoms with Gasteiger partial charge in [0.25, 0.3) is 0 Å². The van der Waals surface area contributed by atoms with Crippen LogP contribution in [0.3, 0.4) is 0 Å². The number of methoxy groups -OCH3 is 2. The van der Waals surface area contributed by atoms with Gasteiger partial charge in [-0.3, -0.25) is 0 Å². The molecule has 4 aromatic rings. The average Bonchev–Trinajstić information content (AvgIpc) is 3.21. The van der Waals surface area contributed by atoms with Crippen molar-refractivity contribution in [1.82, 2.24) is 4.31 Å². The molecule has 0 aromatic heterocycles. The van der Waals surface area contributed by atoms with E-state index in [1.165, 1.54) is 15.4 Å². The van der Waals surface area contributed by atoms with E-state index in [0.29, 0.717) is 36.1 Å². The van der Waals surface area contributed by atoms with E-state index < -0.39 is 10.0 Å². The summed E-state index contributed by atoms with van der Waals surface area (Å²) in [6, 6.07) is 26.1. The molecule has 2 aliphatic rings. The Bertz CT molecular complexity index is 1660. The van der Waals surface area contributed by atoms with Crippen LogP contribution in [0.2, 0.25) is 5.02 Å². The number of halogens is 1. The van der Waals surface area contributed by atoms with Gasteiger partial charge in [-0.25, -0.2) is 8.42 Å². The van der Waals surface area contributed by atoms with E-state index in [-0.39, 0.29) is 23.4 Å². The minimum absolute atomic E-state index is 0.196. The molecular formula is C34H35ClN2O5S. The monoisotopic (exact) mass is 618 g/mol. The molecule has 0 saturated heterocycles. The fourth-order valence-electron chi connectivity index (χ4n) is 6.08. The van der Waals surface area contributed by atoms with Gasteiger partial charge in [0.05, 0.1) is 31.4 Å². The van der Waals surface area contributed by atoms with E-state index in [1.807, 2.05) is 54.6 Å². The summed E-state index contributed by atoms with van der Waals surface area (Å²) in [6.07, 6.45) is 3.01. The summed E-state index contributed by atoms with van der Waals surface area (Å²) in [5.41, 5.74) is 4.67. The molecule has 9 heteroatoms. The number of nitrogens with one attached hydrogen (secondary N) is 1. The maximum atomic E-state index is 14.2. The van der Waals surface area contributed by atoms with Crippen LogP contribution in [0.4, 0.5) is 5.69 Å². The van der Waals surface area contributed by atoms with Crippen molar-refractivity contribution in [2.45, 2.75) is 42.7 Å². The third-order valence-corrected chi connectivity index (χ3v) is 10.5. The third kappa shape index (κ3) is 6.05. The van der Waals surface area contributed by atoms with Crippen molar-refractivity contribution in [3.8, 4) is 17.2 Å². The standard InChI is InChI=1S/C34H35ClN2O5S/c1-40-28-10-5-24(6-11-28)20-37(21-25-7-12-29(41-2)13-8-25)43(38,39)30-14-16-33-32(19-30)36-22-34(23-42-33)17-3-4-26-18-27(35)9-15-31(26)34/h5-16,18-19,36H,3-4,17,20-23H2,1-2H3. The zero-order chi connectivity index (χ0) is 30.0. The number of rotatable bonds is 8. The summed E-state index contributed by atoms with van der Waals surface area (Å²) in [5, 5.41) is 4.29. The fourth-order valence-corrected chi connectivity index (χ4v) is 7.72. The summed E-state index contributed by atoms with van der Waals surface area (Å²) in [7, 11) is -0.686. The predicted octanol–water partition coefficient (Wildman–Crippen LogP) is 6.83. The summed E-state index contributed by atoms with van der Waals surface area (Å²) in [4.78, 5) is 0.205. The first-order valence-electron chi connectivity index (χ1n) is 14.4. The second kappa shape index (κ2) is 12.1. The molecule has 43 heavy (non-hydrogen) atoms. The largest absolute Gasteiger partial charge is 0.497 e. The molecule has 0 radical (unpaired) electrons. The molecular weight excluding hydrogens is 584 g/mol. The van der Waals surface area contributed by atoms with Gasteiger partial charge in [0, 0.05) is 30.1 Å². The number of ether oxygens (including phenoxy) is 3. The van der Waals surface area contributed by atoms with Crippen LogP contribution in [0.25, 0.3) is 0 Å². The van der Waals surface area contributed by atoms with E-state index in [2.05, 4.69) is 17.4 Å². The van der Waals surface area contributed by atoms with Crippen molar-refractivity contribution < 1.29 is 22.6 Å². The Morgan fingerprint density at radius 1 is 0.884 bits per heavy atom. The van der Waals surface area contributed by atoms with Crippen LogP contribution in [0, 0.1) is 0 Å². The maximum absolute atomic E-state index is 14.2. The van der Waals surface area contributed by atoms with Crippen molar-refractivity contribution in [3.05, 3.63) is 112 Å². The number of benzene rings is 4. The highest BCUT2D eigenvalue weighted by molar-refractivity contribution is 7.89. The third-order valence-electron chi connectivity index (χ3n) is 8.49. The van der Waals surface area contributed by atoms with Crippen molar-refractivity contribution in [1.29, 1.82) is 0 Å². The van der Waals surface area contributed by atoms with Gasteiger partial charge in [0.2, 0.25) is 10.0 Å². The van der Waals surface area contributed by atoms with Crippen LogP contribution in [0.15, 0.2) is 89.8 Å². The van der Waals surface area contributed by atoms with Crippen molar-refractivity contribution in [3.63, 3.8) is 0 Å². The first-order valence-corrected chi connectivity index (χ1v) is 16.2. The molecule has 4 aromatic carbocycles. The second-order valence-electron chi connectivity index (χ2n) is 11.2. The molecule has 1 N–H and O–H groups in total. The first-order chi connectivity index (χ1) is 20.8. The lowest BCUT2D eigenvalue weighted by Gasteiger charge is -2.37. The smallest absolute Gasteiger partial charge is 0.243 e. The quantitative estimate of drug-likeness (QED) is 0.233. The lowest BCUT2D eigenvalue weighted by Crippen LogP contribution is -2.41. The normalized spacial score (nSPS) is 17.8.